The molecule has 0 spiro atoms. The second kappa shape index (κ2) is 9.86. The maximum absolute atomic E-state index is 5.81. The zero-order chi connectivity index (χ0) is 21.6. The van der Waals surface area contributed by atoms with Crippen molar-refractivity contribution in [1.29, 1.82) is 0 Å². The molecule has 3 aromatic heterocycles. The maximum atomic E-state index is 5.81. The van der Waals surface area contributed by atoms with E-state index in [0.717, 1.165) is 36.3 Å². The minimum absolute atomic E-state index is 0.300. The van der Waals surface area contributed by atoms with Crippen LogP contribution in [0.3, 0.4) is 0 Å². The van der Waals surface area contributed by atoms with E-state index in [9.17, 15) is 0 Å². The monoisotopic (exact) mass is 413 g/mol. The molecule has 0 amide bonds. The molecule has 0 fully saturated rings. The summed E-state index contributed by atoms with van der Waals surface area (Å²) in [5.74, 6) is 0. The SMILES string of the molecule is Cc1cnc(CC(CCCN)NCc2ncccc2-n2ccc3ccccc32)c(C)c1. The topological polar surface area (TPSA) is 68.8 Å². The Morgan fingerprint density at radius 1 is 1.03 bits per heavy atom. The molecule has 4 aromatic rings. The lowest BCUT2D eigenvalue weighted by molar-refractivity contribution is 0.458. The molecular formula is C26H31N5. The molecule has 3 heterocycles. The third-order valence-corrected chi connectivity index (χ3v) is 5.80. The van der Waals surface area contributed by atoms with Gasteiger partial charge in [0.2, 0.25) is 0 Å². The fourth-order valence-electron chi connectivity index (χ4n) is 4.15. The highest BCUT2D eigenvalue weighted by Crippen LogP contribution is 2.22. The maximum Gasteiger partial charge on any atom is 0.0781 e. The number of pyridine rings is 2. The molecular weight excluding hydrogens is 382 g/mol. The lowest BCUT2D eigenvalue weighted by Gasteiger charge is -2.20. The van der Waals surface area contributed by atoms with Crippen molar-refractivity contribution in [1.82, 2.24) is 19.9 Å². The summed E-state index contributed by atoms with van der Waals surface area (Å²) in [6.07, 6.45) is 8.83. The van der Waals surface area contributed by atoms with Crippen LogP contribution < -0.4 is 11.1 Å². The molecule has 0 saturated carbocycles. The Kier molecular flexibility index (Phi) is 6.75. The van der Waals surface area contributed by atoms with E-state index in [1.807, 2.05) is 18.5 Å². The Balaban J connectivity index is 1.55. The first-order chi connectivity index (χ1) is 15.2. The molecule has 5 heteroatoms. The van der Waals surface area contributed by atoms with Crippen molar-refractivity contribution in [3.63, 3.8) is 0 Å². The minimum Gasteiger partial charge on any atom is -0.330 e. The number of rotatable bonds is 9. The average Bonchev–Trinajstić information content (AvgIpc) is 3.21. The molecule has 1 atom stereocenters. The standard InChI is InChI=1S/C26H31N5/c1-19-15-20(2)23(30-17-19)16-22(8-5-12-27)29-18-24-26(10-6-13-28-24)31-14-11-21-7-3-4-9-25(21)31/h3-4,6-7,9-11,13-15,17,22,29H,5,8,12,16,18,27H2,1-2H3. The number of hydrogen-bond donors (Lipinski definition) is 2. The molecule has 0 saturated heterocycles. The summed E-state index contributed by atoms with van der Waals surface area (Å²) in [7, 11) is 0. The van der Waals surface area contributed by atoms with Gasteiger partial charge in [0.05, 0.1) is 16.9 Å². The first kappa shape index (κ1) is 21.2. The largest absolute Gasteiger partial charge is 0.330 e. The number of aromatic nitrogens is 3. The predicted molar refractivity (Wildman–Crippen MR) is 127 cm³/mol. The van der Waals surface area contributed by atoms with Crippen molar-refractivity contribution in [3.05, 3.63) is 89.6 Å². The van der Waals surface area contributed by atoms with E-state index in [-0.39, 0.29) is 0 Å². The lowest BCUT2D eigenvalue weighted by Crippen LogP contribution is -2.32. The number of para-hydroxylation sites is 1. The molecule has 0 radical (unpaired) electrons. The van der Waals surface area contributed by atoms with Gasteiger partial charge in [0.15, 0.2) is 0 Å². The number of fused-ring (bicyclic) bond motifs is 1. The van der Waals surface area contributed by atoms with Gasteiger partial charge in [-0.2, -0.15) is 0 Å². The Morgan fingerprint density at radius 2 is 1.90 bits per heavy atom. The second-order valence-electron chi connectivity index (χ2n) is 8.20. The van der Waals surface area contributed by atoms with E-state index in [2.05, 4.69) is 77.4 Å². The minimum atomic E-state index is 0.300. The summed E-state index contributed by atoms with van der Waals surface area (Å²) in [5.41, 5.74) is 12.7. The number of benzene rings is 1. The van der Waals surface area contributed by atoms with Crippen molar-refractivity contribution < 1.29 is 0 Å². The Bertz CT molecular complexity index is 1150. The quantitative estimate of drug-likeness (QED) is 0.425. The highest BCUT2D eigenvalue weighted by atomic mass is 15.0. The Hall–Kier alpha value is -3.02. The second-order valence-corrected chi connectivity index (χ2v) is 8.20. The van der Waals surface area contributed by atoms with E-state index in [1.54, 1.807) is 0 Å². The number of aryl methyl sites for hydroxylation is 2. The van der Waals surface area contributed by atoms with Crippen LogP contribution in [0.25, 0.3) is 16.6 Å². The molecule has 0 aliphatic carbocycles. The van der Waals surface area contributed by atoms with Gasteiger partial charge in [0.1, 0.15) is 0 Å². The van der Waals surface area contributed by atoms with Crippen molar-refractivity contribution in [3.8, 4) is 5.69 Å². The molecule has 31 heavy (non-hydrogen) atoms. The Morgan fingerprint density at radius 3 is 2.74 bits per heavy atom. The number of nitrogens with zero attached hydrogens (tertiary/aromatic N) is 3. The van der Waals surface area contributed by atoms with E-state index in [4.69, 9.17) is 10.7 Å². The van der Waals surface area contributed by atoms with Crippen LogP contribution in [0, 0.1) is 13.8 Å². The van der Waals surface area contributed by atoms with Crippen LogP contribution in [0.5, 0.6) is 0 Å². The predicted octanol–water partition coefficient (Wildman–Crippen LogP) is 4.48. The summed E-state index contributed by atoms with van der Waals surface area (Å²) in [6.45, 7) is 5.62. The smallest absolute Gasteiger partial charge is 0.0781 e. The highest BCUT2D eigenvalue weighted by molar-refractivity contribution is 5.82. The summed E-state index contributed by atoms with van der Waals surface area (Å²) in [5, 5.41) is 4.97. The fourth-order valence-corrected chi connectivity index (χ4v) is 4.15. The van der Waals surface area contributed by atoms with Gasteiger partial charge in [0.25, 0.3) is 0 Å². The van der Waals surface area contributed by atoms with Crippen LogP contribution >= 0.6 is 0 Å². The first-order valence-electron chi connectivity index (χ1n) is 11.0. The van der Waals surface area contributed by atoms with Gasteiger partial charge in [-0.1, -0.05) is 24.3 Å². The van der Waals surface area contributed by atoms with Gasteiger partial charge < -0.3 is 15.6 Å². The molecule has 160 valence electrons. The first-order valence-corrected chi connectivity index (χ1v) is 11.0. The van der Waals surface area contributed by atoms with Crippen LogP contribution in [0.1, 0.15) is 35.4 Å². The molecule has 3 N–H and O–H groups in total. The van der Waals surface area contributed by atoms with Gasteiger partial charge in [-0.3, -0.25) is 9.97 Å². The van der Waals surface area contributed by atoms with Crippen molar-refractivity contribution in [2.75, 3.05) is 6.54 Å². The fraction of sp³-hybridized carbons (Fsp3) is 0.308. The number of hydrogen-bond acceptors (Lipinski definition) is 4. The van der Waals surface area contributed by atoms with E-state index in [0.29, 0.717) is 19.1 Å². The highest BCUT2D eigenvalue weighted by Gasteiger charge is 2.14. The van der Waals surface area contributed by atoms with Gasteiger partial charge in [-0.25, -0.2) is 0 Å². The zero-order valence-electron chi connectivity index (χ0n) is 18.4. The van der Waals surface area contributed by atoms with E-state index < -0.39 is 0 Å². The van der Waals surface area contributed by atoms with Crippen molar-refractivity contribution in [2.24, 2.45) is 5.73 Å². The third kappa shape index (κ3) is 5.01. The number of nitrogens with one attached hydrogen (secondary N) is 1. The molecule has 0 aliphatic heterocycles. The van der Waals surface area contributed by atoms with E-state index >= 15 is 0 Å². The van der Waals surface area contributed by atoms with E-state index in [1.165, 1.54) is 22.0 Å². The van der Waals surface area contributed by atoms with Gasteiger partial charge in [0, 0.05) is 43.3 Å². The summed E-state index contributed by atoms with van der Waals surface area (Å²) in [4.78, 5) is 9.39. The number of nitrogens with two attached hydrogens (primary N) is 1. The molecule has 1 unspecified atom stereocenters. The summed E-state index contributed by atoms with van der Waals surface area (Å²) in [6, 6.07) is 17.2. The van der Waals surface area contributed by atoms with Crippen LogP contribution in [-0.4, -0.2) is 27.1 Å². The van der Waals surface area contributed by atoms with Gasteiger partial charge in [-0.15, -0.1) is 0 Å². The normalized spacial score (nSPS) is 12.4. The van der Waals surface area contributed by atoms with Crippen LogP contribution in [0.2, 0.25) is 0 Å². The van der Waals surface area contributed by atoms with Crippen molar-refractivity contribution >= 4 is 10.9 Å². The van der Waals surface area contributed by atoms with Crippen LogP contribution in [0.4, 0.5) is 0 Å². The molecule has 0 aliphatic rings. The Labute approximate surface area is 184 Å². The van der Waals surface area contributed by atoms with Crippen LogP contribution in [0.15, 0.2) is 67.1 Å². The molecule has 0 bridgehead atoms. The average molecular weight is 414 g/mol. The summed E-state index contributed by atoms with van der Waals surface area (Å²) >= 11 is 0. The summed E-state index contributed by atoms with van der Waals surface area (Å²) < 4.78 is 2.22. The molecule has 4 rings (SSSR count). The van der Waals surface area contributed by atoms with Gasteiger partial charge >= 0.3 is 0 Å². The van der Waals surface area contributed by atoms with Crippen LogP contribution in [-0.2, 0) is 13.0 Å². The lowest BCUT2D eigenvalue weighted by atomic mass is 10.0. The molecule has 1 aromatic carbocycles. The molecule has 5 nitrogen and oxygen atoms in total. The third-order valence-electron chi connectivity index (χ3n) is 5.80. The van der Waals surface area contributed by atoms with Gasteiger partial charge in [-0.05, 0) is 74.0 Å². The van der Waals surface area contributed by atoms with Crippen molar-refractivity contribution in [2.45, 2.75) is 45.7 Å². The zero-order valence-corrected chi connectivity index (χ0v) is 18.4.